The highest BCUT2D eigenvalue weighted by Gasteiger charge is 2.20. The maximum Gasteiger partial charge on any atom is 0.181 e. The van der Waals surface area contributed by atoms with Crippen molar-refractivity contribution in [2.45, 2.75) is 12.8 Å². The van der Waals surface area contributed by atoms with Crippen LogP contribution in [0.25, 0.3) is 0 Å². The van der Waals surface area contributed by atoms with Gasteiger partial charge in [0.25, 0.3) is 0 Å². The summed E-state index contributed by atoms with van der Waals surface area (Å²) in [6.07, 6.45) is 1.02. The second-order valence-corrected chi connectivity index (χ2v) is 4.56. The fourth-order valence-electron chi connectivity index (χ4n) is 1.83. The molecule has 0 saturated heterocycles. The first kappa shape index (κ1) is 19.3. The van der Waals surface area contributed by atoms with Crippen molar-refractivity contribution in [1.82, 2.24) is 0 Å². The molecule has 11 nitrogen and oxygen atoms in total. The average Bonchev–Trinajstić information content (AvgIpc) is 2.64. The quantitative estimate of drug-likeness (QED) is 0.260. The van der Waals surface area contributed by atoms with Crippen LogP contribution in [0.4, 0.5) is 34.1 Å². The van der Waals surface area contributed by atoms with Crippen molar-refractivity contribution in [2.75, 3.05) is 22.5 Å². The third-order valence-electron chi connectivity index (χ3n) is 2.99. The van der Waals surface area contributed by atoms with E-state index in [4.69, 9.17) is 43.5 Å². The Bertz CT molecular complexity index is 997. The van der Waals surface area contributed by atoms with Crippen LogP contribution < -0.4 is 22.5 Å². The second kappa shape index (κ2) is 8.74. The van der Waals surface area contributed by atoms with Crippen molar-refractivity contribution >= 4 is 45.5 Å². The fourth-order valence-corrected chi connectivity index (χ4v) is 1.83. The molecule has 0 aliphatic rings. The smallest absolute Gasteiger partial charge is 0.181 e. The van der Waals surface area contributed by atoms with Crippen molar-refractivity contribution in [2.24, 2.45) is 9.98 Å². The Hall–Kier alpha value is -4.79. The summed E-state index contributed by atoms with van der Waals surface area (Å²) in [4.78, 5) is 7.96. The Labute approximate surface area is 148 Å². The standard InChI is InChI=1S/C15H11N11/c16-3-1-8(5-18)25-14-11(22)10(21)13(24-7-20)12(23)15(14)26-9(6-19)2-4-17/h24H,1-2,21-23H2/b25-8+,26-9+. The number of aliphatic imine (C=N–C) groups is 2. The molecule has 0 aliphatic carbocycles. The molecule has 1 aromatic carbocycles. The van der Waals surface area contributed by atoms with Gasteiger partial charge in [-0.25, -0.2) is 9.98 Å². The first-order valence-corrected chi connectivity index (χ1v) is 6.79. The predicted octanol–water partition coefficient (Wildman–Crippen LogP) is 1.35. The van der Waals surface area contributed by atoms with Crippen LogP contribution in [0.15, 0.2) is 9.98 Å². The first-order valence-electron chi connectivity index (χ1n) is 6.79. The zero-order chi connectivity index (χ0) is 19.7. The highest BCUT2D eigenvalue weighted by atomic mass is 15.0. The second-order valence-electron chi connectivity index (χ2n) is 4.56. The molecule has 11 heteroatoms. The van der Waals surface area contributed by atoms with Gasteiger partial charge in [-0.2, -0.15) is 26.3 Å². The number of nitriles is 5. The van der Waals surface area contributed by atoms with E-state index in [1.807, 2.05) is 0 Å². The Balaban J connectivity index is 3.93. The molecular formula is C15H11N11. The molecule has 1 rings (SSSR count). The lowest BCUT2D eigenvalue weighted by atomic mass is 10.1. The summed E-state index contributed by atoms with van der Waals surface area (Å²) in [5, 5.41) is 46.7. The number of nitrogens with zero attached hydrogens (tertiary/aromatic N) is 7. The van der Waals surface area contributed by atoms with Crippen molar-refractivity contribution in [3.05, 3.63) is 0 Å². The predicted molar refractivity (Wildman–Crippen MR) is 94.8 cm³/mol. The number of hydrogen-bond donors (Lipinski definition) is 4. The first-order chi connectivity index (χ1) is 12.4. The summed E-state index contributed by atoms with van der Waals surface area (Å²) in [6.45, 7) is 0. The number of hydrogen-bond acceptors (Lipinski definition) is 11. The summed E-state index contributed by atoms with van der Waals surface area (Å²) < 4.78 is 0. The average molecular weight is 345 g/mol. The lowest BCUT2D eigenvalue weighted by Gasteiger charge is -2.16. The molecule has 0 fully saturated rings. The van der Waals surface area contributed by atoms with E-state index in [1.54, 1.807) is 30.5 Å². The number of rotatable bonds is 5. The van der Waals surface area contributed by atoms with Gasteiger partial charge in [0.2, 0.25) is 0 Å². The third-order valence-corrected chi connectivity index (χ3v) is 2.99. The van der Waals surface area contributed by atoms with E-state index in [-0.39, 0.29) is 58.4 Å². The number of nitrogen functional groups attached to an aromatic ring is 3. The molecule has 0 saturated carbocycles. The number of nitrogens with two attached hydrogens (primary N) is 3. The maximum atomic E-state index is 9.08. The Morgan fingerprint density at radius 2 is 1.23 bits per heavy atom. The van der Waals surface area contributed by atoms with E-state index < -0.39 is 0 Å². The van der Waals surface area contributed by atoms with Gasteiger partial charge in [-0.3, -0.25) is 5.32 Å². The highest BCUT2D eigenvalue weighted by molar-refractivity contribution is 6.11. The van der Waals surface area contributed by atoms with Gasteiger partial charge in [0, 0.05) is 0 Å². The molecule has 0 unspecified atom stereocenters. The van der Waals surface area contributed by atoms with Crippen LogP contribution in [-0.4, -0.2) is 11.4 Å². The molecule has 7 N–H and O–H groups in total. The SMILES string of the molecule is N#CC/C(C#N)=N\c1c(N)c(N)c(NC#N)c(N)c1/N=C(/C#N)CC#N. The van der Waals surface area contributed by atoms with Gasteiger partial charge in [0.05, 0.1) is 47.7 Å². The molecule has 0 aromatic heterocycles. The van der Waals surface area contributed by atoms with Gasteiger partial charge in [-0.05, 0) is 0 Å². The molecule has 0 bridgehead atoms. The minimum atomic E-state index is -0.312. The zero-order valence-electron chi connectivity index (χ0n) is 13.3. The maximum absolute atomic E-state index is 9.08. The molecule has 0 atom stereocenters. The summed E-state index contributed by atoms with van der Waals surface area (Å²) in [6, 6.07) is 7.00. The van der Waals surface area contributed by atoms with E-state index in [2.05, 4.69) is 15.3 Å². The van der Waals surface area contributed by atoms with Crippen LogP contribution in [0, 0.1) is 56.8 Å². The van der Waals surface area contributed by atoms with Gasteiger partial charge in [-0.15, -0.1) is 0 Å². The fraction of sp³-hybridized carbons (Fsp3) is 0.133. The van der Waals surface area contributed by atoms with E-state index in [0.717, 1.165) is 0 Å². The third kappa shape index (κ3) is 3.94. The van der Waals surface area contributed by atoms with E-state index >= 15 is 0 Å². The Kier molecular flexibility index (Phi) is 6.47. The molecule has 26 heavy (non-hydrogen) atoms. The summed E-state index contributed by atoms with van der Waals surface area (Å²) >= 11 is 0. The Morgan fingerprint density at radius 3 is 1.62 bits per heavy atom. The van der Waals surface area contributed by atoms with Crippen LogP contribution in [0.3, 0.4) is 0 Å². The molecule has 126 valence electrons. The summed E-state index contributed by atoms with van der Waals surface area (Å²) in [7, 11) is 0. The van der Waals surface area contributed by atoms with Crippen molar-refractivity contribution in [3.63, 3.8) is 0 Å². The van der Waals surface area contributed by atoms with Gasteiger partial charge in [0.15, 0.2) is 6.19 Å². The Morgan fingerprint density at radius 1 is 0.769 bits per heavy atom. The van der Waals surface area contributed by atoms with E-state index in [1.165, 1.54) is 0 Å². The van der Waals surface area contributed by atoms with Gasteiger partial charge < -0.3 is 17.2 Å². The largest absolute Gasteiger partial charge is 0.395 e. The topological polar surface area (TPSA) is 234 Å². The molecule has 0 heterocycles. The van der Waals surface area contributed by atoms with Crippen LogP contribution in [0.5, 0.6) is 0 Å². The molecule has 0 spiro atoms. The zero-order valence-corrected chi connectivity index (χ0v) is 13.3. The van der Waals surface area contributed by atoms with Crippen molar-refractivity contribution < 1.29 is 0 Å². The molecule has 0 amide bonds. The summed E-state index contributed by atoms with van der Waals surface area (Å²) in [5.74, 6) is 0. The van der Waals surface area contributed by atoms with Crippen LogP contribution in [-0.2, 0) is 0 Å². The minimum absolute atomic E-state index is 0.0456. The molecular weight excluding hydrogens is 334 g/mol. The lowest BCUT2D eigenvalue weighted by molar-refractivity contribution is 1.34. The monoisotopic (exact) mass is 345 g/mol. The van der Waals surface area contributed by atoms with E-state index in [9.17, 15) is 0 Å². The van der Waals surface area contributed by atoms with Crippen molar-refractivity contribution in [1.29, 1.82) is 26.3 Å². The molecule has 1 aromatic rings. The van der Waals surface area contributed by atoms with Crippen LogP contribution in [0.2, 0.25) is 0 Å². The number of nitrogens with one attached hydrogen (secondary N) is 1. The van der Waals surface area contributed by atoms with Gasteiger partial charge in [0.1, 0.15) is 34.9 Å². The number of anilines is 4. The minimum Gasteiger partial charge on any atom is -0.395 e. The van der Waals surface area contributed by atoms with E-state index in [0.29, 0.717) is 0 Å². The van der Waals surface area contributed by atoms with Crippen molar-refractivity contribution in [3.8, 4) is 30.5 Å². The highest BCUT2D eigenvalue weighted by Crippen LogP contribution is 2.48. The normalized spacial score (nSPS) is 10.6. The molecule has 0 radical (unpaired) electrons. The lowest BCUT2D eigenvalue weighted by Crippen LogP contribution is -2.06. The number of benzene rings is 1. The van der Waals surface area contributed by atoms with Gasteiger partial charge >= 0.3 is 0 Å². The van der Waals surface area contributed by atoms with Gasteiger partial charge in [-0.1, -0.05) is 0 Å². The molecule has 0 aliphatic heterocycles. The van der Waals surface area contributed by atoms with Crippen LogP contribution >= 0.6 is 0 Å². The van der Waals surface area contributed by atoms with Crippen LogP contribution in [0.1, 0.15) is 12.8 Å². The summed E-state index contributed by atoms with van der Waals surface area (Å²) in [5.41, 5.74) is 16.6.